The topological polar surface area (TPSA) is 91.4 Å². The third kappa shape index (κ3) is 3.28. The fraction of sp³-hybridized carbons (Fsp3) is 0.360. The first kappa shape index (κ1) is 19.9. The van der Waals surface area contributed by atoms with Gasteiger partial charge in [-0.3, -0.25) is 0 Å². The molecule has 2 saturated heterocycles. The lowest BCUT2D eigenvalue weighted by molar-refractivity contribution is 0.177. The van der Waals surface area contributed by atoms with Crippen molar-refractivity contribution in [2.45, 2.75) is 19.9 Å². The fourth-order valence-corrected chi connectivity index (χ4v) is 5.29. The van der Waals surface area contributed by atoms with Crippen molar-refractivity contribution >= 4 is 27.9 Å². The SMILES string of the molecule is Cc1c(C#N)cccc1C(C)Nc1nn2ncnc2c2ccc(N3CC4COCC4C3)cc12. The Balaban J connectivity index is 1.41. The van der Waals surface area contributed by atoms with Crippen LogP contribution in [0.5, 0.6) is 0 Å². The van der Waals surface area contributed by atoms with Crippen LogP contribution in [0, 0.1) is 30.1 Å². The van der Waals surface area contributed by atoms with Crippen LogP contribution in [0.15, 0.2) is 42.7 Å². The smallest absolute Gasteiger partial charge is 0.184 e. The van der Waals surface area contributed by atoms with Gasteiger partial charge in [-0.05, 0) is 49.2 Å². The Bertz CT molecular complexity index is 1390. The maximum atomic E-state index is 9.43. The van der Waals surface area contributed by atoms with E-state index in [1.54, 1.807) is 4.63 Å². The number of rotatable bonds is 4. The number of anilines is 2. The van der Waals surface area contributed by atoms with Gasteiger partial charge in [-0.25, -0.2) is 4.98 Å². The minimum atomic E-state index is -0.0399. The molecule has 8 nitrogen and oxygen atoms in total. The molecule has 3 atom stereocenters. The number of benzene rings is 2. The molecule has 3 unspecified atom stereocenters. The van der Waals surface area contributed by atoms with Crippen molar-refractivity contribution in [3.63, 3.8) is 0 Å². The van der Waals surface area contributed by atoms with Gasteiger partial charge in [0.2, 0.25) is 0 Å². The van der Waals surface area contributed by atoms with Crippen LogP contribution in [-0.2, 0) is 4.74 Å². The molecule has 4 heterocycles. The van der Waals surface area contributed by atoms with E-state index < -0.39 is 0 Å². The zero-order valence-corrected chi connectivity index (χ0v) is 18.7. The van der Waals surface area contributed by atoms with Crippen LogP contribution in [0.1, 0.15) is 29.7 Å². The standard InChI is InChI=1S/C25H25N7O/c1-15-17(9-26)4-3-5-21(15)16(2)29-24-23-8-20(31-10-18-12-33-13-19(18)11-31)6-7-22(23)25-27-14-28-32(25)30-24/h3-8,14,16,18-19H,10-13H2,1-2H3,(H,29,30). The molecule has 6 rings (SSSR count). The van der Waals surface area contributed by atoms with Crippen LogP contribution in [0.4, 0.5) is 11.5 Å². The molecule has 2 aromatic heterocycles. The maximum Gasteiger partial charge on any atom is 0.184 e. The molecule has 0 spiro atoms. The zero-order chi connectivity index (χ0) is 22.5. The van der Waals surface area contributed by atoms with E-state index >= 15 is 0 Å². The van der Waals surface area contributed by atoms with Crippen LogP contribution in [0.25, 0.3) is 16.4 Å². The average Bonchev–Trinajstić information content (AvgIpc) is 3.55. The summed E-state index contributed by atoms with van der Waals surface area (Å²) >= 11 is 0. The van der Waals surface area contributed by atoms with Gasteiger partial charge in [0.25, 0.3) is 0 Å². The number of nitriles is 1. The number of nitrogens with one attached hydrogen (secondary N) is 1. The molecule has 2 aliphatic rings. The first-order chi connectivity index (χ1) is 16.1. The van der Waals surface area contributed by atoms with Gasteiger partial charge in [-0.2, -0.15) is 5.26 Å². The summed E-state index contributed by atoms with van der Waals surface area (Å²) in [7, 11) is 0. The van der Waals surface area contributed by atoms with Crippen LogP contribution >= 0.6 is 0 Å². The third-order valence-electron chi connectivity index (χ3n) is 7.15. The van der Waals surface area contributed by atoms with Crippen molar-refractivity contribution in [1.29, 1.82) is 5.26 Å². The largest absolute Gasteiger partial charge is 0.381 e. The highest BCUT2D eigenvalue weighted by Crippen LogP contribution is 2.36. The lowest BCUT2D eigenvalue weighted by Crippen LogP contribution is -2.22. The summed E-state index contributed by atoms with van der Waals surface area (Å²) in [4.78, 5) is 6.89. The first-order valence-electron chi connectivity index (χ1n) is 11.3. The highest BCUT2D eigenvalue weighted by atomic mass is 16.5. The molecule has 8 heteroatoms. The van der Waals surface area contributed by atoms with Crippen molar-refractivity contribution in [1.82, 2.24) is 19.8 Å². The summed E-state index contributed by atoms with van der Waals surface area (Å²) in [6.45, 7) is 7.86. The van der Waals surface area contributed by atoms with E-state index in [4.69, 9.17) is 9.84 Å². The summed E-state index contributed by atoms with van der Waals surface area (Å²) in [6.07, 6.45) is 1.53. The van der Waals surface area contributed by atoms with E-state index in [2.05, 4.69) is 57.6 Å². The quantitative estimate of drug-likeness (QED) is 0.518. The van der Waals surface area contributed by atoms with E-state index in [9.17, 15) is 5.26 Å². The molecule has 166 valence electrons. The summed E-state index contributed by atoms with van der Waals surface area (Å²) < 4.78 is 7.23. The van der Waals surface area contributed by atoms with Crippen molar-refractivity contribution in [2.75, 3.05) is 36.5 Å². The Morgan fingerprint density at radius 2 is 1.97 bits per heavy atom. The summed E-state index contributed by atoms with van der Waals surface area (Å²) in [5.74, 6) is 1.98. The Labute approximate surface area is 191 Å². The van der Waals surface area contributed by atoms with Gasteiger partial charge in [0.15, 0.2) is 11.5 Å². The molecule has 2 aromatic carbocycles. The molecule has 2 aliphatic heterocycles. The van der Waals surface area contributed by atoms with Gasteiger partial charge < -0.3 is 15.0 Å². The molecular weight excluding hydrogens is 414 g/mol. The number of hydrogen-bond acceptors (Lipinski definition) is 7. The van der Waals surface area contributed by atoms with Crippen LogP contribution in [0.3, 0.4) is 0 Å². The minimum absolute atomic E-state index is 0.0399. The Morgan fingerprint density at radius 1 is 1.15 bits per heavy atom. The van der Waals surface area contributed by atoms with E-state index in [0.717, 1.165) is 59.7 Å². The monoisotopic (exact) mass is 439 g/mol. The van der Waals surface area contributed by atoms with Gasteiger partial charge in [0.05, 0.1) is 30.9 Å². The fourth-order valence-electron chi connectivity index (χ4n) is 5.29. The molecule has 2 fully saturated rings. The average molecular weight is 440 g/mol. The van der Waals surface area contributed by atoms with Gasteiger partial charge in [0.1, 0.15) is 6.33 Å². The molecule has 0 bridgehead atoms. The van der Waals surface area contributed by atoms with Crippen LogP contribution in [-0.4, -0.2) is 46.1 Å². The van der Waals surface area contributed by atoms with Crippen molar-refractivity contribution < 1.29 is 4.74 Å². The number of hydrogen-bond donors (Lipinski definition) is 1. The van der Waals surface area contributed by atoms with E-state index in [0.29, 0.717) is 17.4 Å². The maximum absolute atomic E-state index is 9.43. The predicted molar refractivity (Wildman–Crippen MR) is 126 cm³/mol. The van der Waals surface area contributed by atoms with Gasteiger partial charge >= 0.3 is 0 Å². The normalized spacial score (nSPS) is 20.8. The van der Waals surface area contributed by atoms with Gasteiger partial charge in [-0.1, -0.05) is 12.1 Å². The zero-order valence-electron chi connectivity index (χ0n) is 18.7. The first-order valence-corrected chi connectivity index (χ1v) is 11.3. The van der Waals surface area contributed by atoms with Gasteiger partial charge in [-0.15, -0.1) is 14.8 Å². The molecule has 1 N–H and O–H groups in total. The summed E-state index contributed by atoms with van der Waals surface area (Å²) in [5.41, 5.74) is 4.69. The lowest BCUT2D eigenvalue weighted by Gasteiger charge is -2.22. The second-order valence-electron chi connectivity index (χ2n) is 9.11. The summed E-state index contributed by atoms with van der Waals surface area (Å²) in [5, 5.41) is 24.1. The lowest BCUT2D eigenvalue weighted by atomic mass is 9.98. The Kier molecular flexibility index (Phi) is 4.66. The molecule has 0 amide bonds. The van der Waals surface area contributed by atoms with Crippen molar-refractivity contribution in [3.8, 4) is 6.07 Å². The minimum Gasteiger partial charge on any atom is -0.381 e. The predicted octanol–water partition coefficient (Wildman–Crippen LogP) is 3.71. The molecule has 4 aromatic rings. The van der Waals surface area contributed by atoms with E-state index in [1.165, 1.54) is 12.0 Å². The molecule has 0 radical (unpaired) electrons. The molecule has 33 heavy (non-hydrogen) atoms. The Hall–Kier alpha value is -3.70. The highest BCUT2D eigenvalue weighted by Gasteiger charge is 2.37. The molecule has 0 saturated carbocycles. The number of aromatic nitrogens is 4. The molecular formula is C25H25N7O. The second kappa shape index (κ2) is 7.71. The van der Waals surface area contributed by atoms with E-state index in [1.807, 2.05) is 19.1 Å². The van der Waals surface area contributed by atoms with Crippen LogP contribution in [0.2, 0.25) is 0 Å². The second-order valence-corrected chi connectivity index (χ2v) is 9.11. The van der Waals surface area contributed by atoms with Crippen molar-refractivity contribution in [2.24, 2.45) is 11.8 Å². The number of ether oxygens (including phenoxy) is 1. The number of nitrogens with zero attached hydrogens (tertiary/aromatic N) is 6. The molecule has 0 aliphatic carbocycles. The number of fused-ring (bicyclic) bond motifs is 4. The highest BCUT2D eigenvalue weighted by molar-refractivity contribution is 6.01. The Morgan fingerprint density at radius 3 is 2.76 bits per heavy atom. The third-order valence-corrected chi connectivity index (χ3v) is 7.15. The van der Waals surface area contributed by atoms with Crippen molar-refractivity contribution in [3.05, 3.63) is 59.4 Å². The van der Waals surface area contributed by atoms with E-state index in [-0.39, 0.29) is 6.04 Å². The summed E-state index contributed by atoms with van der Waals surface area (Å²) in [6, 6.07) is 14.6. The van der Waals surface area contributed by atoms with Gasteiger partial charge in [0, 0.05) is 41.4 Å². The van der Waals surface area contributed by atoms with Crippen LogP contribution < -0.4 is 10.2 Å².